The van der Waals surface area contributed by atoms with Crippen molar-refractivity contribution in [2.24, 2.45) is 0 Å². The fraction of sp³-hybridized carbons (Fsp3) is 0. The number of nitrogens with zero attached hydrogens (tertiary/aromatic N) is 2. The van der Waals surface area contributed by atoms with Crippen LogP contribution in [0.4, 0.5) is 0 Å². The Kier molecular flexibility index (Phi) is 2.70. The monoisotopic (exact) mass is 230 g/mol. The molecule has 3 nitrogen and oxygen atoms in total. The van der Waals surface area contributed by atoms with Gasteiger partial charge in [-0.3, -0.25) is 4.79 Å². The predicted octanol–water partition coefficient (Wildman–Crippen LogP) is 1.99. The molecule has 1 aromatic rings. The van der Waals surface area contributed by atoms with E-state index in [2.05, 4.69) is 20.7 Å². The zero-order chi connectivity index (χ0) is 8.27. The van der Waals surface area contributed by atoms with Crippen LogP contribution >= 0.6 is 27.3 Å². The summed E-state index contributed by atoms with van der Waals surface area (Å²) >= 11 is 4.48. The highest BCUT2D eigenvalue weighted by atomic mass is 79.9. The number of halogens is 1. The molecule has 0 spiro atoms. The second-order valence-corrected chi connectivity index (χ2v) is 3.48. The first-order valence-corrected chi connectivity index (χ1v) is 4.37. The van der Waals surface area contributed by atoms with Gasteiger partial charge in [0.05, 0.1) is 4.88 Å². The largest absolute Gasteiger partial charge is 0.361 e. The van der Waals surface area contributed by atoms with Crippen molar-refractivity contribution < 1.29 is 9.58 Å². The molecule has 56 valence electrons. The number of carbonyl (C=O) groups excluding carboxylic acids is 1. The maximum absolute atomic E-state index is 11.0. The van der Waals surface area contributed by atoms with Gasteiger partial charge in [0.25, 0.3) is 5.78 Å². The van der Waals surface area contributed by atoms with Crippen LogP contribution < -0.4 is 0 Å². The second kappa shape index (κ2) is 3.57. The Morgan fingerprint density at radius 3 is 3.00 bits per heavy atom. The van der Waals surface area contributed by atoms with Gasteiger partial charge in [0.15, 0.2) is 0 Å². The second-order valence-electron chi connectivity index (χ2n) is 1.71. The number of ketones is 1. The molecule has 1 heterocycles. The van der Waals surface area contributed by atoms with Gasteiger partial charge in [-0.05, 0) is 27.4 Å². The zero-order valence-corrected chi connectivity index (χ0v) is 7.72. The van der Waals surface area contributed by atoms with Crippen LogP contribution in [0.1, 0.15) is 9.67 Å². The molecule has 0 aliphatic carbocycles. The lowest BCUT2D eigenvalue weighted by atomic mass is 10.3. The first-order chi connectivity index (χ1) is 5.25. The SMILES string of the molecule is [N-]=[N+]=CC(=O)c1sccc1Br. The highest BCUT2D eigenvalue weighted by molar-refractivity contribution is 9.10. The summed E-state index contributed by atoms with van der Waals surface area (Å²) in [5.41, 5.74) is 8.06. The molecule has 0 amide bonds. The van der Waals surface area contributed by atoms with Crippen molar-refractivity contribution >= 4 is 39.3 Å². The number of carbonyl (C=O) groups is 1. The lowest BCUT2D eigenvalue weighted by molar-refractivity contribution is 0.00238. The molecule has 0 aromatic carbocycles. The molecular weight excluding hydrogens is 228 g/mol. The Hall–Kier alpha value is -0.770. The molecule has 0 aliphatic heterocycles. The van der Waals surface area contributed by atoms with E-state index in [1.165, 1.54) is 11.3 Å². The highest BCUT2D eigenvalue weighted by Crippen LogP contribution is 2.22. The number of thiophene rings is 1. The standard InChI is InChI=1S/C6H3BrN2OS/c7-4-1-2-11-6(4)5(10)3-9-8/h1-3H. The van der Waals surface area contributed by atoms with Crippen LogP contribution in [0.25, 0.3) is 5.53 Å². The molecular formula is C6H3BrN2OS. The zero-order valence-electron chi connectivity index (χ0n) is 5.32. The minimum atomic E-state index is -0.297. The quantitative estimate of drug-likeness (QED) is 0.332. The van der Waals surface area contributed by atoms with Gasteiger partial charge in [-0.2, -0.15) is 4.79 Å². The topological polar surface area (TPSA) is 53.5 Å². The molecule has 0 atom stereocenters. The average molecular weight is 231 g/mol. The normalized spacial score (nSPS) is 8.82. The maximum atomic E-state index is 11.0. The van der Waals surface area contributed by atoms with Crippen LogP contribution in [-0.4, -0.2) is 16.8 Å². The molecule has 0 radical (unpaired) electrons. The van der Waals surface area contributed by atoms with E-state index >= 15 is 0 Å². The molecule has 1 aromatic heterocycles. The first-order valence-electron chi connectivity index (χ1n) is 2.70. The van der Waals surface area contributed by atoms with Gasteiger partial charge < -0.3 is 5.53 Å². The van der Waals surface area contributed by atoms with E-state index in [1.54, 1.807) is 11.4 Å². The summed E-state index contributed by atoms with van der Waals surface area (Å²) in [6.07, 6.45) is 0.872. The summed E-state index contributed by atoms with van der Waals surface area (Å²) in [7, 11) is 0. The molecule has 0 unspecified atom stereocenters. The van der Waals surface area contributed by atoms with Crippen molar-refractivity contribution in [2.75, 3.05) is 0 Å². The van der Waals surface area contributed by atoms with Gasteiger partial charge in [0.1, 0.15) is 0 Å². The van der Waals surface area contributed by atoms with Crippen molar-refractivity contribution in [3.8, 4) is 0 Å². The molecule has 0 fully saturated rings. The van der Waals surface area contributed by atoms with E-state index in [0.29, 0.717) is 4.88 Å². The van der Waals surface area contributed by atoms with Crippen LogP contribution in [0.15, 0.2) is 15.9 Å². The molecule has 0 bridgehead atoms. The number of hydrogen-bond acceptors (Lipinski definition) is 2. The first kappa shape index (κ1) is 8.33. The minimum absolute atomic E-state index is 0.297. The molecule has 11 heavy (non-hydrogen) atoms. The molecule has 0 saturated heterocycles. The fourth-order valence-electron chi connectivity index (χ4n) is 0.581. The molecule has 0 N–H and O–H groups in total. The van der Waals surface area contributed by atoms with Crippen molar-refractivity contribution in [1.82, 2.24) is 0 Å². The molecule has 0 saturated carbocycles. The third kappa shape index (κ3) is 1.83. The van der Waals surface area contributed by atoms with E-state index in [9.17, 15) is 4.79 Å². The minimum Gasteiger partial charge on any atom is -0.361 e. The maximum Gasteiger partial charge on any atom is 0.328 e. The van der Waals surface area contributed by atoms with Gasteiger partial charge in [-0.25, -0.2) is 0 Å². The average Bonchev–Trinajstić information content (AvgIpc) is 2.36. The van der Waals surface area contributed by atoms with Crippen molar-refractivity contribution in [3.05, 3.63) is 26.3 Å². The fourth-order valence-corrected chi connectivity index (χ4v) is 2.05. The Bertz CT molecular complexity index is 327. The molecule has 5 heteroatoms. The third-order valence-corrected chi connectivity index (χ3v) is 2.87. The van der Waals surface area contributed by atoms with E-state index in [4.69, 9.17) is 5.53 Å². The number of hydrogen-bond donors (Lipinski definition) is 0. The van der Waals surface area contributed by atoms with Gasteiger partial charge in [0.2, 0.25) is 0 Å². The third-order valence-electron chi connectivity index (χ3n) is 1.02. The van der Waals surface area contributed by atoms with E-state index in [1.807, 2.05) is 0 Å². The van der Waals surface area contributed by atoms with Crippen molar-refractivity contribution in [2.45, 2.75) is 0 Å². The van der Waals surface area contributed by atoms with Crippen molar-refractivity contribution in [3.63, 3.8) is 0 Å². The van der Waals surface area contributed by atoms with Crippen LogP contribution in [0.5, 0.6) is 0 Å². The van der Waals surface area contributed by atoms with E-state index < -0.39 is 0 Å². The predicted molar refractivity (Wildman–Crippen MR) is 46.0 cm³/mol. The van der Waals surface area contributed by atoms with E-state index in [0.717, 1.165) is 10.7 Å². The van der Waals surface area contributed by atoms with E-state index in [-0.39, 0.29) is 5.78 Å². The Balaban J connectivity index is 3.02. The summed E-state index contributed by atoms with van der Waals surface area (Å²) < 4.78 is 0.729. The molecule has 0 aliphatic rings. The summed E-state index contributed by atoms with van der Waals surface area (Å²) in [6, 6.07) is 1.77. The van der Waals surface area contributed by atoms with Gasteiger partial charge in [0, 0.05) is 4.47 Å². The van der Waals surface area contributed by atoms with Gasteiger partial charge in [-0.1, -0.05) is 0 Å². The van der Waals surface area contributed by atoms with Gasteiger partial charge in [-0.15, -0.1) is 11.3 Å². The van der Waals surface area contributed by atoms with Crippen molar-refractivity contribution in [1.29, 1.82) is 0 Å². The summed E-state index contributed by atoms with van der Waals surface area (Å²) in [4.78, 5) is 14.2. The number of rotatable bonds is 2. The lowest BCUT2D eigenvalue weighted by Gasteiger charge is -1.83. The highest BCUT2D eigenvalue weighted by Gasteiger charge is 2.11. The summed E-state index contributed by atoms with van der Waals surface area (Å²) in [5, 5.41) is 1.78. The number of Topliss-reactive ketones (excluding diaryl/α,β-unsaturated/α-hetero) is 1. The Morgan fingerprint density at radius 2 is 2.55 bits per heavy atom. The summed E-state index contributed by atoms with van der Waals surface area (Å²) in [6.45, 7) is 0. The summed E-state index contributed by atoms with van der Waals surface area (Å²) in [5.74, 6) is -0.297. The van der Waals surface area contributed by atoms with Gasteiger partial charge >= 0.3 is 6.21 Å². The Morgan fingerprint density at radius 1 is 1.82 bits per heavy atom. The molecule has 1 rings (SSSR count). The van der Waals surface area contributed by atoms with Crippen LogP contribution in [0, 0.1) is 0 Å². The lowest BCUT2D eigenvalue weighted by Crippen LogP contribution is -1.97. The smallest absolute Gasteiger partial charge is 0.328 e. The Labute approximate surface area is 75.4 Å². The van der Waals surface area contributed by atoms with Crippen LogP contribution in [0.3, 0.4) is 0 Å². The van der Waals surface area contributed by atoms with Crippen LogP contribution in [-0.2, 0) is 0 Å². The van der Waals surface area contributed by atoms with Crippen LogP contribution in [0.2, 0.25) is 0 Å².